The van der Waals surface area contributed by atoms with E-state index in [9.17, 15) is 14.4 Å². The summed E-state index contributed by atoms with van der Waals surface area (Å²) >= 11 is 1.62. The first-order chi connectivity index (χ1) is 15.0. The molecule has 2 amide bonds. The number of hydrogen-bond donors (Lipinski definition) is 2. The number of nitrogens with one attached hydrogen (secondary N) is 2. The van der Waals surface area contributed by atoms with Crippen LogP contribution in [0.25, 0.3) is 20.8 Å². The van der Waals surface area contributed by atoms with E-state index in [1.165, 1.54) is 12.5 Å². The van der Waals surface area contributed by atoms with E-state index in [2.05, 4.69) is 28.6 Å². The molecule has 0 saturated heterocycles. The van der Waals surface area contributed by atoms with Gasteiger partial charge >= 0.3 is 5.97 Å². The Labute approximate surface area is 191 Å². The lowest BCUT2D eigenvalue weighted by atomic mass is 9.95. The van der Waals surface area contributed by atoms with Crippen LogP contribution in [0.15, 0.2) is 42.5 Å². The lowest BCUT2D eigenvalue weighted by Gasteiger charge is -2.20. The number of fused-ring (bicyclic) bond motifs is 1. The van der Waals surface area contributed by atoms with E-state index < -0.39 is 29.9 Å². The maximum Gasteiger partial charge on any atom is 0.328 e. The molecule has 2 aromatic carbocycles. The summed E-state index contributed by atoms with van der Waals surface area (Å²) in [5.41, 5.74) is 3.07. The van der Waals surface area contributed by atoms with Crippen molar-refractivity contribution in [1.82, 2.24) is 10.3 Å². The lowest BCUT2D eigenvalue weighted by molar-refractivity contribution is -0.150. The van der Waals surface area contributed by atoms with Gasteiger partial charge in [-0.3, -0.25) is 9.59 Å². The molecular formula is C24H27N3O4S. The molecule has 3 aromatic rings. The summed E-state index contributed by atoms with van der Waals surface area (Å²) in [5.74, 6) is -1.40. The fourth-order valence-electron chi connectivity index (χ4n) is 2.78. The van der Waals surface area contributed by atoms with Gasteiger partial charge in [0.25, 0.3) is 5.91 Å². The van der Waals surface area contributed by atoms with Crippen LogP contribution in [0.3, 0.4) is 0 Å². The highest BCUT2D eigenvalue weighted by Crippen LogP contribution is 2.31. The maximum atomic E-state index is 12.1. The highest BCUT2D eigenvalue weighted by molar-refractivity contribution is 7.21. The standard InChI is InChI=1S/C24H27N3O4S/c1-14-6-11-18-19(12-14)32-21(27-18)16-7-9-17(10-8-16)26-20(28)13-31-22(29)15(2)25-23(30)24(3,4)5/h6-12,15H,13H2,1-5H3,(H,25,30)(H,26,28). The number of amides is 2. The predicted molar refractivity (Wildman–Crippen MR) is 126 cm³/mol. The lowest BCUT2D eigenvalue weighted by Crippen LogP contribution is -2.45. The second kappa shape index (κ2) is 9.48. The Morgan fingerprint density at radius 2 is 1.78 bits per heavy atom. The van der Waals surface area contributed by atoms with Gasteiger partial charge in [-0.25, -0.2) is 9.78 Å². The molecule has 0 aliphatic rings. The van der Waals surface area contributed by atoms with Gasteiger partial charge in [0, 0.05) is 16.7 Å². The number of benzene rings is 2. The molecule has 0 fully saturated rings. The zero-order chi connectivity index (χ0) is 23.5. The summed E-state index contributed by atoms with van der Waals surface area (Å²) in [6.45, 7) is 8.38. The molecule has 2 N–H and O–H groups in total. The fraction of sp³-hybridized carbons (Fsp3) is 0.333. The summed E-state index contributed by atoms with van der Waals surface area (Å²) < 4.78 is 6.15. The van der Waals surface area contributed by atoms with Crippen molar-refractivity contribution in [2.45, 2.75) is 40.7 Å². The van der Waals surface area contributed by atoms with Crippen LogP contribution >= 0.6 is 11.3 Å². The van der Waals surface area contributed by atoms with Crippen molar-refractivity contribution in [2.24, 2.45) is 5.41 Å². The monoisotopic (exact) mass is 453 g/mol. The molecule has 1 unspecified atom stereocenters. The zero-order valence-corrected chi connectivity index (χ0v) is 19.6. The van der Waals surface area contributed by atoms with E-state index in [-0.39, 0.29) is 5.91 Å². The van der Waals surface area contributed by atoms with Gasteiger partial charge in [-0.15, -0.1) is 11.3 Å². The molecule has 8 heteroatoms. The van der Waals surface area contributed by atoms with Crippen LogP contribution < -0.4 is 10.6 Å². The third kappa shape index (κ3) is 5.91. The van der Waals surface area contributed by atoms with Crippen LogP contribution in [-0.2, 0) is 19.1 Å². The Morgan fingerprint density at radius 3 is 2.44 bits per heavy atom. The molecule has 0 spiro atoms. The number of carbonyl (C=O) groups excluding carboxylic acids is 3. The van der Waals surface area contributed by atoms with Crippen molar-refractivity contribution in [2.75, 3.05) is 11.9 Å². The van der Waals surface area contributed by atoms with Crippen molar-refractivity contribution in [3.05, 3.63) is 48.0 Å². The third-order valence-corrected chi connectivity index (χ3v) is 5.75. The van der Waals surface area contributed by atoms with E-state index in [0.29, 0.717) is 5.69 Å². The first-order valence-electron chi connectivity index (χ1n) is 10.3. The van der Waals surface area contributed by atoms with Crippen molar-refractivity contribution in [3.63, 3.8) is 0 Å². The second-order valence-corrected chi connectivity index (χ2v) is 9.70. The van der Waals surface area contributed by atoms with Crippen molar-refractivity contribution >= 4 is 45.0 Å². The summed E-state index contributed by atoms with van der Waals surface area (Å²) in [6, 6.07) is 12.6. The topological polar surface area (TPSA) is 97.4 Å². The molecule has 0 aliphatic carbocycles. The molecule has 0 aliphatic heterocycles. The Balaban J connectivity index is 1.53. The van der Waals surface area contributed by atoms with Crippen molar-refractivity contribution in [3.8, 4) is 10.6 Å². The first kappa shape index (κ1) is 23.4. The molecule has 1 heterocycles. The molecule has 7 nitrogen and oxygen atoms in total. The minimum absolute atomic E-state index is 0.269. The predicted octanol–water partition coefficient (Wildman–Crippen LogP) is 4.30. The van der Waals surface area contributed by atoms with Gasteiger partial charge in [0.05, 0.1) is 10.2 Å². The third-order valence-electron chi connectivity index (χ3n) is 4.69. The normalized spacial score (nSPS) is 12.3. The Morgan fingerprint density at radius 1 is 1.09 bits per heavy atom. The quantitative estimate of drug-likeness (QED) is 0.542. The van der Waals surface area contributed by atoms with Crippen molar-refractivity contribution in [1.29, 1.82) is 0 Å². The zero-order valence-electron chi connectivity index (χ0n) is 18.8. The van der Waals surface area contributed by atoms with E-state index in [0.717, 1.165) is 20.8 Å². The van der Waals surface area contributed by atoms with Gasteiger partial charge in [-0.2, -0.15) is 0 Å². The van der Waals surface area contributed by atoms with E-state index in [1.807, 2.05) is 24.3 Å². The molecular weight excluding hydrogens is 426 g/mol. The molecule has 168 valence electrons. The number of aromatic nitrogens is 1. The Bertz CT molecular complexity index is 1150. The molecule has 32 heavy (non-hydrogen) atoms. The number of rotatable bonds is 6. The van der Waals surface area contributed by atoms with E-state index >= 15 is 0 Å². The van der Waals surface area contributed by atoms with Gasteiger partial charge in [0.2, 0.25) is 5.91 Å². The van der Waals surface area contributed by atoms with Gasteiger partial charge < -0.3 is 15.4 Å². The van der Waals surface area contributed by atoms with Crippen LogP contribution in [0.1, 0.15) is 33.3 Å². The maximum absolute atomic E-state index is 12.1. The number of esters is 1. The summed E-state index contributed by atoms with van der Waals surface area (Å²) in [5, 5.41) is 6.18. The molecule has 1 atom stereocenters. The molecule has 0 bridgehead atoms. The van der Waals surface area contributed by atoms with Gasteiger partial charge in [0.1, 0.15) is 11.0 Å². The molecule has 1 aromatic heterocycles. The van der Waals surface area contributed by atoms with Crippen LogP contribution in [0.4, 0.5) is 5.69 Å². The highest BCUT2D eigenvalue weighted by atomic mass is 32.1. The Kier molecular flexibility index (Phi) is 6.93. The number of hydrogen-bond acceptors (Lipinski definition) is 6. The minimum Gasteiger partial charge on any atom is -0.454 e. The summed E-state index contributed by atoms with van der Waals surface area (Å²) in [4.78, 5) is 40.8. The van der Waals surface area contributed by atoms with E-state index in [1.54, 1.807) is 44.2 Å². The summed E-state index contributed by atoms with van der Waals surface area (Å²) in [6.07, 6.45) is 0. The van der Waals surface area contributed by atoms with Gasteiger partial charge in [-0.1, -0.05) is 26.8 Å². The summed E-state index contributed by atoms with van der Waals surface area (Å²) in [7, 11) is 0. The number of anilines is 1. The van der Waals surface area contributed by atoms with Crippen LogP contribution in [0, 0.1) is 12.3 Å². The molecule has 0 radical (unpaired) electrons. The minimum atomic E-state index is -0.841. The SMILES string of the molecule is Cc1ccc2nc(-c3ccc(NC(=O)COC(=O)C(C)NC(=O)C(C)(C)C)cc3)sc2c1. The second-order valence-electron chi connectivity index (χ2n) is 8.67. The number of nitrogens with zero attached hydrogens (tertiary/aromatic N) is 1. The average Bonchev–Trinajstić information content (AvgIpc) is 3.14. The van der Waals surface area contributed by atoms with Crippen LogP contribution in [0.5, 0.6) is 0 Å². The Hall–Kier alpha value is -3.26. The molecule has 0 saturated carbocycles. The van der Waals surface area contributed by atoms with Crippen molar-refractivity contribution < 1.29 is 19.1 Å². The number of carbonyl (C=O) groups is 3. The average molecular weight is 454 g/mol. The highest BCUT2D eigenvalue weighted by Gasteiger charge is 2.26. The van der Waals surface area contributed by atoms with E-state index in [4.69, 9.17) is 4.74 Å². The van der Waals surface area contributed by atoms with Gasteiger partial charge in [0.15, 0.2) is 6.61 Å². The largest absolute Gasteiger partial charge is 0.454 e. The van der Waals surface area contributed by atoms with Crippen LogP contribution in [0.2, 0.25) is 0 Å². The first-order valence-corrected chi connectivity index (χ1v) is 11.1. The smallest absolute Gasteiger partial charge is 0.328 e. The molecule has 3 rings (SSSR count). The fourth-order valence-corrected chi connectivity index (χ4v) is 3.85. The number of aryl methyl sites for hydroxylation is 1. The number of ether oxygens (including phenoxy) is 1. The van der Waals surface area contributed by atoms with Crippen LogP contribution in [-0.4, -0.2) is 35.4 Å². The van der Waals surface area contributed by atoms with Gasteiger partial charge in [-0.05, 0) is 55.8 Å². The number of thiazole rings is 1.